The number of amides is 2. The lowest BCUT2D eigenvalue weighted by Crippen LogP contribution is -2.54. The predicted molar refractivity (Wildman–Crippen MR) is 157 cm³/mol. The SMILES string of the molecule is CNC(=O)N1CCC(NC2CCN(C3COC3)CC2)=C(C(=N)N2CCCc3cc(-c4cnn(C)c4)c(Cl)cc32)C1. The number of amidine groups is 1. The fraction of sp³-hybridized carbons (Fsp3) is 0.552. The number of benzene rings is 1. The Morgan fingerprint density at radius 1 is 1.15 bits per heavy atom. The minimum atomic E-state index is -0.108. The number of fused-ring (bicyclic) bond motifs is 1. The molecule has 1 aromatic heterocycles. The number of likely N-dealkylation sites (tertiary alicyclic amines) is 1. The second-order valence-corrected chi connectivity index (χ2v) is 11.7. The van der Waals surface area contributed by atoms with Gasteiger partial charge >= 0.3 is 6.03 Å². The number of piperidine rings is 1. The van der Waals surface area contributed by atoms with Crippen LogP contribution in [0, 0.1) is 5.41 Å². The second-order valence-electron chi connectivity index (χ2n) is 11.3. The van der Waals surface area contributed by atoms with Crippen molar-refractivity contribution in [2.24, 2.45) is 7.05 Å². The van der Waals surface area contributed by atoms with Crippen LogP contribution in [0.1, 0.15) is 31.2 Å². The smallest absolute Gasteiger partial charge is 0.317 e. The van der Waals surface area contributed by atoms with Crippen LogP contribution in [0.15, 0.2) is 35.8 Å². The summed E-state index contributed by atoms with van der Waals surface area (Å²) in [6, 6.07) is 4.99. The van der Waals surface area contributed by atoms with Gasteiger partial charge in [-0.05, 0) is 43.4 Å². The number of aryl methyl sites for hydroxylation is 2. The highest BCUT2D eigenvalue weighted by atomic mass is 35.5. The summed E-state index contributed by atoms with van der Waals surface area (Å²) in [5, 5.41) is 21.0. The van der Waals surface area contributed by atoms with Crippen molar-refractivity contribution in [3.8, 4) is 11.1 Å². The number of halogens is 1. The van der Waals surface area contributed by atoms with Crippen molar-refractivity contribution in [3.05, 3.63) is 46.4 Å². The molecule has 0 bridgehead atoms. The van der Waals surface area contributed by atoms with E-state index in [0.29, 0.717) is 42.5 Å². The molecule has 10 nitrogen and oxygen atoms in total. The van der Waals surface area contributed by atoms with E-state index in [2.05, 4.69) is 31.6 Å². The van der Waals surface area contributed by atoms with Gasteiger partial charge in [0.15, 0.2) is 0 Å². The number of nitrogens with one attached hydrogen (secondary N) is 3. The van der Waals surface area contributed by atoms with Gasteiger partial charge in [-0.15, -0.1) is 0 Å². The van der Waals surface area contributed by atoms with E-state index in [1.165, 1.54) is 5.56 Å². The molecule has 6 rings (SSSR count). The molecule has 2 saturated heterocycles. The van der Waals surface area contributed by atoms with Crippen LogP contribution < -0.4 is 15.5 Å². The molecule has 214 valence electrons. The van der Waals surface area contributed by atoms with Crippen molar-refractivity contribution in [2.75, 3.05) is 57.9 Å². The summed E-state index contributed by atoms with van der Waals surface area (Å²) < 4.78 is 7.17. The summed E-state index contributed by atoms with van der Waals surface area (Å²) in [4.78, 5) is 19.0. The number of hydrogen-bond acceptors (Lipinski definition) is 6. The van der Waals surface area contributed by atoms with E-state index in [1.807, 2.05) is 25.5 Å². The van der Waals surface area contributed by atoms with E-state index < -0.39 is 0 Å². The molecular formula is C29H39ClN8O2. The van der Waals surface area contributed by atoms with Crippen LogP contribution in [0.3, 0.4) is 0 Å². The first kappa shape index (κ1) is 27.1. The Labute approximate surface area is 240 Å². The normalized spacial score (nSPS) is 20.8. The molecule has 0 saturated carbocycles. The zero-order valence-corrected chi connectivity index (χ0v) is 24.1. The molecule has 0 unspecified atom stereocenters. The highest BCUT2D eigenvalue weighted by Crippen LogP contribution is 2.38. The molecule has 4 aliphatic rings. The maximum absolute atomic E-state index is 12.6. The summed E-state index contributed by atoms with van der Waals surface area (Å²) in [6.07, 6.45) is 8.53. The minimum Gasteiger partial charge on any atom is -0.385 e. The number of carbonyl (C=O) groups is 1. The number of urea groups is 1. The summed E-state index contributed by atoms with van der Waals surface area (Å²) in [7, 11) is 3.56. The van der Waals surface area contributed by atoms with Crippen molar-refractivity contribution in [1.82, 2.24) is 30.2 Å². The number of aromatic nitrogens is 2. The molecule has 4 aliphatic heterocycles. The van der Waals surface area contributed by atoms with Crippen molar-refractivity contribution in [1.29, 1.82) is 5.41 Å². The molecule has 40 heavy (non-hydrogen) atoms. The topological polar surface area (TPSA) is 102 Å². The van der Waals surface area contributed by atoms with E-state index in [0.717, 1.165) is 86.6 Å². The fourth-order valence-corrected chi connectivity index (χ4v) is 6.61. The van der Waals surface area contributed by atoms with Gasteiger partial charge in [0.1, 0.15) is 5.84 Å². The quantitative estimate of drug-likeness (QED) is 0.379. The molecule has 11 heteroatoms. The van der Waals surface area contributed by atoms with E-state index in [-0.39, 0.29) is 6.03 Å². The van der Waals surface area contributed by atoms with Gasteiger partial charge in [0, 0.05) is 87.0 Å². The van der Waals surface area contributed by atoms with Crippen molar-refractivity contribution in [2.45, 2.75) is 44.2 Å². The zero-order valence-electron chi connectivity index (χ0n) is 23.4. The summed E-state index contributed by atoms with van der Waals surface area (Å²) in [5.74, 6) is 0.450. The molecule has 2 fully saturated rings. The van der Waals surface area contributed by atoms with Crippen LogP contribution in [0.25, 0.3) is 11.1 Å². The summed E-state index contributed by atoms with van der Waals surface area (Å²) >= 11 is 6.82. The Balaban J connectivity index is 1.26. The van der Waals surface area contributed by atoms with E-state index in [1.54, 1.807) is 16.6 Å². The molecule has 0 atom stereocenters. The van der Waals surface area contributed by atoms with Gasteiger partial charge in [-0.1, -0.05) is 11.6 Å². The van der Waals surface area contributed by atoms with Crippen LogP contribution in [0.4, 0.5) is 10.5 Å². The average molecular weight is 567 g/mol. The van der Waals surface area contributed by atoms with Crippen LogP contribution in [-0.4, -0.2) is 96.5 Å². The van der Waals surface area contributed by atoms with Gasteiger partial charge in [-0.25, -0.2) is 4.79 Å². The van der Waals surface area contributed by atoms with Crippen LogP contribution in [0.5, 0.6) is 0 Å². The average Bonchev–Trinajstić information content (AvgIpc) is 3.37. The van der Waals surface area contributed by atoms with Crippen LogP contribution >= 0.6 is 11.6 Å². The summed E-state index contributed by atoms with van der Waals surface area (Å²) in [6.45, 7) is 5.62. The molecule has 0 spiro atoms. The van der Waals surface area contributed by atoms with Gasteiger partial charge < -0.3 is 25.2 Å². The highest BCUT2D eigenvalue weighted by molar-refractivity contribution is 6.33. The third-order valence-electron chi connectivity index (χ3n) is 8.75. The number of ether oxygens (including phenoxy) is 1. The molecule has 2 aromatic rings. The molecule has 0 aliphatic carbocycles. The number of nitrogens with zero attached hydrogens (tertiary/aromatic N) is 5. The lowest BCUT2D eigenvalue weighted by Gasteiger charge is -2.42. The Hall–Kier alpha value is -3.08. The first-order valence-electron chi connectivity index (χ1n) is 14.4. The third kappa shape index (κ3) is 5.32. The van der Waals surface area contributed by atoms with Gasteiger partial charge in [0.05, 0.1) is 37.0 Å². The molecule has 5 heterocycles. The van der Waals surface area contributed by atoms with Crippen molar-refractivity contribution in [3.63, 3.8) is 0 Å². The monoisotopic (exact) mass is 566 g/mol. The van der Waals surface area contributed by atoms with Gasteiger partial charge in [-0.2, -0.15) is 5.10 Å². The highest BCUT2D eigenvalue weighted by Gasteiger charge is 2.33. The summed E-state index contributed by atoms with van der Waals surface area (Å²) in [5.41, 5.74) is 6.10. The van der Waals surface area contributed by atoms with Crippen LogP contribution in [-0.2, 0) is 18.2 Å². The standard InChI is InChI=1S/C29H39ClN8O2/c1-32-29(39)37-11-7-26(34-21-5-9-36(10-6-21)22-17-40-18-22)24(16-37)28(31)38-8-3-4-19-12-23(25(30)13-27(19)38)20-14-33-35(2)15-20/h12-15,21-22,31,34H,3-11,16-18H2,1-2H3,(H,32,39). The fourth-order valence-electron chi connectivity index (χ4n) is 6.34. The first-order chi connectivity index (χ1) is 19.4. The van der Waals surface area contributed by atoms with Gasteiger partial charge in [-0.3, -0.25) is 15.0 Å². The number of rotatable bonds is 5. The van der Waals surface area contributed by atoms with E-state index >= 15 is 0 Å². The number of anilines is 1. The van der Waals surface area contributed by atoms with Gasteiger partial charge in [0.2, 0.25) is 0 Å². The maximum atomic E-state index is 12.6. The number of carbonyl (C=O) groups excluding carboxylic acids is 1. The molecule has 0 radical (unpaired) electrons. The first-order valence-corrected chi connectivity index (χ1v) is 14.7. The maximum Gasteiger partial charge on any atom is 0.317 e. The van der Waals surface area contributed by atoms with Gasteiger partial charge in [0.25, 0.3) is 0 Å². The lowest BCUT2D eigenvalue weighted by molar-refractivity contribution is -0.0717. The Bertz CT molecular complexity index is 1310. The Morgan fingerprint density at radius 3 is 2.62 bits per heavy atom. The Kier molecular flexibility index (Phi) is 7.74. The number of hydrogen-bond donors (Lipinski definition) is 3. The Morgan fingerprint density at radius 2 is 1.95 bits per heavy atom. The largest absolute Gasteiger partial charge is 0.385 e. The second kappa shape index (κ2) is 11.4. The van der Waals surface area contributed by atoms with E-state index in [4.69, 9.17) is 16.3 Å². The van der Waals surface area contributed by atoms with Crippen molar-refractivity contribution < 1.29 is 9.53 Å². The molecule has 3 N–H and O–H groups in total. The van der Waals surface area contributed by atoms with E-state index in [9.17, 15) is 10.2 Å². The van der Waals surface area contributed by atoms with Crippen LogP contribution in [0.2, 0.25) is 5.02 Å². The van der Waals surface area contributed by atoms with Crippen molar-refractivity contribution >= 4 is 29.2 Å². The third-order valence-corrected chi connectivity index (χ3v) is 9.06. The molecular weight excluding hydrogens is 528 g/mol. The molecule has 1 aromatic carbocycles. The minimum absolute atomic E-state index is 0.108. The predicted octanol–water partition coefficient (Wildman–Crippen LogP) is 3.22. The molecule has 2 amide bonds. The lowest BCUT2D eigenvalue weighted by atomic mass is 9.95. The zero-order chi connectivity index (χ0) is 27.8.